The second kappa shape index (κ2) is 7.09. The molecule has 0 bridgehead atoms. The summed E-state index contributed by atoms with van der Waals surface area (Å²) in [5, 5.41) is 12.0. The van der Waals surface area contributed by atoms with Crippen LogP contribution in [0.4, 0.5) is 0 Å². The highest BCUT2D eigenvalue weighted by atomic mass is 16.5. The minimum absolute atomic E-state index is 0.225. The molecule has 0 aromatic heterocycles. The first kappa shape index (κ1) is 16.0. The predicted molar refractivity (Wildman–Crippen MR) is 83.8 cm³/mol. The highest BCUT2D eigenvalue weighted by Crippen LogP contribution is 2.24. The van der Waals surface area contributed by atoms with Gasteiger partial charge in [0.1, 0.15) is 11.8 Å². The van der Waals surface area contributed by atoms with Crippen LogP contribution in [0.1, 0.15) is 32.3 Å². The zero-order valence-corrected chi connectivity index (χ0v) is 12.4. The lowest BCUT2D eigenvalue weighted by Crippen LogP contribution is -2.28. The van der Waals surface area contributed by atoms with E-state index in [9.17, 15) is 14.9 Å². The average Bonchev–Trinajstić information content (AvgIpc) is 2.59. The molecule has 0 aliphatic carbocycles. The first-order valence-electron chi connectivity index (χ1n) is 6.80. The van der Waals surface area contributed by atoms with Gasteiger partial charge in [0.25, 0.3) is 5.91 Å². The summed E-state index contributed by atoms with van der Waals surface area (Å²) in [7, 11) is 1.49. The summed E-state index contributed by atoms with van der Waals surface area (Å²) in [5.74, 6) is -0.600. The smallest absolute Gasteiger partial charge is 0.252 e. The Bertz CT molecular complexity index is 781. The molecule has 0 aliphatic rings. The van der Waals surface area contributed by atoms with Crippen LogP contribution in [0.15, 0.2) is 48.5 Å². The van der Waals surface area contributed by atoms with Gasteiger partial charge < -0.3 is 15.8 Å². The zero-order valence-electron chi connectivity index (χ0n) is 12.4. The summed E-state index contributed by atoms with van der Waals surface area (Å²) in [6, 6.07) is 14.1. The van der Waals surface area contributed by atoms with Gasteiger partial charge >= 0.3 is 0 Å². The van der Waals surface area contributed by atoms with Crippen molar-refractivity contribution in [2.75, 3.05) is 7.11 Å². The van der Waals surface area contributed by atoms with Gasteiger partial charge in [0.05, 0.1) is 13.2 Å². The molecule has 23 heavy (non-hydrogen) atoms. The third-order valence-electron chi connectivity index (χ3n) is 3.26. The van der Waals surface area contributed by atoms with Gasteiger partial charge in [0, 0.05) is 16.7 Å². The molecule has 116 valence electrons. The van der Waals surface area contributed by atoms with Crippen molar-refractivity contribution in [2.24, 2.45) is 5.73 Å². The van der Waals surface area contributed by atoms with Gasteiger partial charge in [0.2, 0.25) is 5.91 Å². The fourth-order valence-electron chi connectivity index (χ4n) is 2.11. The van der Waals surface area contributed by atoms with Gasteiger partial charge in [0.15, 0.2) is 0 Å². The number of nitrogens with two attached hydrogens (primary N) is 1. The van der Waals surface area contributed by atoms with Crippen molar-refractivity contribution < 1.29 is 14.3 Å². The second-order valence-electron chi connectivity index (χ2n) is 4.72. The molecular weight excluding hydrogens is 294 g/mol. The van der Waals surface area contributed by atoms with Crippen molar-refractivity contribution >= 4 is 11.8 Å². The minimum atomic E-state index is -0.879. The lowest BCUT2D eigenvalue weighted by molar-refractivity contribution is 0.0945. The van der Waals surface area contributed by atoms with Crippen LogP contribution < -0.4 is 15.8 Å². The number of nitrogens with one attached hydrogen (secondary N) is 1. The van der Waals surface area contributed by atoms with Gasteiger partial charge in [-0.3, -0.25) is 9.59 Å². The molecule has 0 fully saturated rings. The zero-order chi connectivity index (χ0) is 16.8. The fourth-order valence-corrected chi connectivity index (χ4v) is 2.11. The quantitative estimate of drug-likeness (QED) is 0.878. The number of nitrogens with zero attached hydrogens (tertiary/aromatic N) is 1. The van der Waals surface area contributed by atoms with Crippen LogP contribution in [0, 0.1) is 11.3 Å². The molecule has 0 radical (unpaired) electrons. The summed E-state index contributed by atoms with van der Waals surface area (Å²) in [5.41, 5.74) is 6.22. The summed E-state index contributed by atoms with van der Waals surface area (Å²) in [4.78, 5) is 23.5. The number of hydrogen-bond acceptors (Lipinski definition) is 4. The summed E-state index contributed by atoms with van der Waals surface area (Å²) in [6.45, 7) is 0. The number of primary amides is 1. The van der Waals surface area contributed by atoms with Crippen LogP contribution in [0.3, 0.4) is 0 Å². The van der Waals surface area contributed by atoms with Crippen LogP contribution in [-0.2, 0) is 0 Å². The van der Waals surface area contributed by atoms with Gasteiger partial charge in [-0.2, -0.15) is 5.26 Å². The number of benzene rings is 2. The molecule has 0 saturated carbocycles. The van der Waals surface area contributed by atoms with Crippen LogP contribution in [0.25, 0.3) is 0 Å². The molecule has 1 atom stereocenters. The molecular formula is C17H15N3O3. The maximum Gasteiger partial charge on any atom is 0.252 e. The Hall–Kier alpha value is -3.33. The van der Waals surface area contributed by atoms with Gasteiger partial charge in [-0.05, 0) is 24.3 Å². The molecule has 2 rings (SSSR count). The van der Waals surface area contributed by atoms with Crippen molar-refractivity contribution in [2.45, 2.75) is 6.04 Å². The predicted octanol–water partition coefficient (Wildman–Crippen LogP) is 1.79. The third-order valence-corrected chi connectivity index (χ3v) is 3.26. The van der Waals surface area contributed by atoms with Crippen molar-refractivity contribution in [1.82, 2.24) is 5.32 Å². The number of amides is 2. The van der Waals surface area contributed by atoms with E-state index in [1.54, 1.807) is 36.4 Å². The molecule has 3 N–H and O–H groups in total. The second-order valence-corrected chi connectivity index (χ2v) is 4.72. The first-order valence-corrected chi connectivity index (χ1v) is 6.80. The molecule has 6 nitrogen and oxygen atoms in total. The Morgan fingerprint density at radius 2 is 1.87 bits per heavy atom. The Balaban J connectivity index is 2.26. The highest BCUT2D eigenvalue weighted by molar-refractivity contribution is 5.99. The number of ether oxygens (including phenoxy) is 1. The molecule has 0 aliphatic heterocycles. The Labute approximate surface area is 133 Å². The van der Waals surface area contributed by atoms with Crippen LogP contribution >= 0.6 is 0 Å². The molecule has 0 heterocycles. The molecule has 0 spiro atoms. The Morgan fingerprint density at radius 1 is 1.17 bits per heavy atom. The number of nitriles is 1. The molecule has 2 aromatic rings. The Morgan fingerprint density at radius 3 is 2.52 bits per heavy atom. The number of para-hydroxylation sites is 1. The van der Waals surface area contributed by atoms with Gasteiger partial charge in [-0.1, -0.05) is 24.3 Å². The van der Waals surface area contributed by atoms with E-state index in [0.29, 0.717) is 11.3 Å². The largest absolute Gasteiger partial charge is 0.496 e. The number of carbonyl (C=O) groups is 2. The van der Waals surface area contributed by atoms with E-state index in [4.69, 9.17) is 10.5 Å². The Kier molecular flexibility index (Phi) is 4.95. The topological polar surface area (TPSA) is 105 Å². The average molecular weight is 309 g/mol. The summed E-state index contributed by atoms with van der Waals surface area (Å²) >= 11 is 0. The molecule has 6 heteroatoms. The van der Waals surface area contributed by atoms with Crippen LogP contribution in [0.2, 0.25) is 0 Å². The van der Waals surface area contributed by atoms with E-state index in [-0.39, 0.29) is 11.1 Å². The van der Waals surface area contributed by atoms with Gasteiger partial charge in [-0.15, -0.1) is 0 Å². The number of rotatable bonds is 5. The van der Waals surface area contributed by atoms with Crippen LogP contribution in [0.5, 0.6) is 5.75 Å². The lowest BCUT2D eigenvalue weighted by atomic mass is 10.1. The van der Waals surface area contributed by atoms with Crippen molar-refractivity contribution in [3.8, 4) is 11.8 Å². The monoisotopic (exact) mass is 309 g/mol. The molecule has 2 amide bonds. The van der Waals surface area contributed by atoms with Crippen molar-refractivity contribution in [1.29, 1.82) is 5.26 Å². The maximum absolute atomic E-state index is 12.3. The van der Waals surface area contributed by atoms with E-state index < -0.39 is 17.9 Å². The van der Waals surface area contributed by atoms with E-state index in [0.717, 1.165) is 0 Å². The number of carbonyl (C=O) groups excluding carboxylic acids is 2. The normalized spacial score (nSPS) is 11.1. The summed E-state index contributed by atoms with van der Waals surface area (Å²) in [6.07, 6.45) is 0. The van der Waals surface area contributed by atoms with E-state index in [1.807, 2.05) is 6.07 Å². The number of hydrogen-bond donors (Lipinski definition) is 2. The fraction of sp³-hybridized carbons (Fsp3) is 0.118. The standard InChI is InChI=1S/C17H15N3O3/c1-23-15-8-3-2-7-13(15)14(10-18)20-17(22)12-6-4-5-11(9-12)16(19)21/h2-9,14H,1H3,(H2,19,21)(H,20,22)/t14-/m0/s1. The molecule has 0 unspecified atom stereocenters. The number of methoxy groups -OCH3 is 1. The van der Waals surface area contributed by atoms with Crippen molar-refractivity contribution in [3.05, 3.63) is 65.2 Å². The molecule has 0 saturated heterocycles. The van der Waals surface area contributed by atoms with E-state index in [2.05, 4.69) is 5.32 Å². The maximum atomic E-state index is 12.3. The molecule has 2 aromatic carbocycles. The lowest BCUT2D eigenvalue weighted by Gasteiger charge is -2.15. The first-order chi connectivity index (χ1) is 11.1. The minimum Gasteiger partial charge on any atom is -0.496 e. The van der Waals surface area contributed by atoms with Crippen LogP contribution in [-0.4, -0.2) is 18.9 Å². The van der Waals surface area contributed by atoms with E-state index in [1.165, 1.54) is 19.2 Å². The highest BCUT2D eigenvalue weighted by Gasteiger charge is 2.19. The summed E-state index contributed by atoms with van der Waals surface area (Å²) < 4.78 is 5.20. The SMILES string of the molecule is COc1ccccc1[C@H](C#N)NC(=O)c1cccc(C(N)=O)c1. The third kappa shape index (κ3) is 3.66. The van der Waals surface area contributed by atoms with Crippen molar-refractivity contribution in [3.63, 3.8) is 0 Å². The van der Waals surface area contributed by atoms with Gasteiger partial charge in [-0.25, -0.2) is 0 Å². The van der Waals surface area contributed by atoms with E-state index >= 15 is 0 Å².